The normalized spacial score (nSPS) is 8.10. The summed E-state index contributed by atoms with van der Waals surface area (Å²) in [6, 6.07) is 0. The Balaban J connectivity index is -0.000000107. The van der Waals surface area contributed by atoms with E-state index in [9.17, 15) is 0 Å². The quantitative estimate of drug-likeness (QED) is 0.262. The first kappa shape index (κ1) is 17.2. The summed E-state index contributed by atoms with van der Waals surface area (Å²) in [5.74, 6) is 0. The van der Waals surface area contributed by atoms with Crippen LogP contribution in [0.1, 0.15) is 19.8 Å². The fourth-order valence-corrected chi connectivity index (χ4v) is 0.258. The van der Waals surface area contributed by atoms with Crippen LogP contribution < -0.4 is 34.5 Å². The van der Waals surface area contributed by atoms with E-state index in [1.165, 1.54) is 0 Å². The first-order valence-electron chi connectivity index (χ1n) is 2.50. The molecule has 0 aliphatic heterocycles. The first-order chi connectivity index (χ1) is 4.18. The van der Waals surface area contributed by atoms with Crippen molar-refractivity contribution >= 4 is 8.69 Å². The molecule has 0 unspecified atom stereocenters. The van der Waals surface area contributed by atoms with E-state index in [4.69, 9.17) is 19.7 Å². The molecule has 0 saturated carbocycles. The van der Waals surface area contributed by atoms with Gasteiger partial charge < -0.3 is 15.1 Å². The SMILES string of the molecule is CCCC(O)O.O=P[O-].[Na+]. The average molecular weight is 176 g/mol. The summed E-state index contributed by atoms with van der Waals surface area (Å²) < 4.78 is 8.35. The molecule has 0 atom stereocenters. The van der Waals surface area contributed by atoms with E-state index in [0.717, 1.165) is 6.42 Å². The van der Waals surface area contributed by atoms with Gasteiger partial charge in [-0.2, -0.15) is 0 Å². The van der Waals surface area contributed by atoms with Crippen LogP contribution in [0.4, 0.5) is 0 Å². The summed E-state index contributed by atoms with van der Waals surface area (Å²) in [5, 5.41) is 16.2. The number of hydrogen-bond acceptors (Lipinski definition) is 4. The Morgan fingerprint density at radius 2 is 1.90 bits per heavy atom. The third-order valence-corrected chi connectivity index (χ3v) is 0.547. The van der Waals surface area contributed by atoms with Gasteiger partial charge in [0, 0.05) is 0 Å². The Kier molecular flexibility index (Phi) is 28.4. The monoisotopic (exact) mass is 176 g/mol. The molecule has 0 saturated heterocycles. The molecular formula is C4H10NaO4P. The predicted molar refractivity (Wildman–Crippen MR) is 30.7 cm³/mol. The van der Waals surface area contributed by atoms with Crippen LogP contribution in [0.3, 0.4) is 0 Å². The van der Waals surface area contributed by atoms with Crippen molar-refractivity contribution in [1.82, 2.24) is 0 Å². The summed E-state index contributed by atoms with van der Waals surface area (Å²) in [5.41, 5.74) is 0. The van der Waals surface area contributed by atoms with Crippen molar-refractivity contribution in [3.8, 4) is 0 Å². The van der Waals surface area contributed by atoms with Gasteiger partial charge in [0.2, 0.25) is 0 Å². The minimum absolute atomic E-state index is 0. The minimum Gasteiger partial charge on any atom is -0.772 e. The smallest absolute Gasteiger partial charge is 0.772 e. The van der Waals surface area contributed by atoms with E-state index < -0.39 is 15.0 Å². The molecule has 0 heterocycles. The van der Waals surface area contributed by atoms with Crippen molar-refractivity contribution < 1.29 is 49.2 Å². The Morgan fingerprint density at radius 1 is 1.60 bits per heavy atom. The largest absolute Gasteiger partial charge is 1.00 e. The van der Waals surface area contributed by atoms with Crippen LogP contribution in [0.5, 0.6) is 0 Å². The molecule has 0 rings (SSSR count). The second kappa shape index (κ2) is 16.5. The molecule has 0 amide bonds. The van der Waals surface area contributed by atoms with Gasteiger partial charge in [0.05, 0.1) is 8.69 Å². The second-order valence-electron chi connectivity index (χ2n) is 1.34. The van der Waals surface area contributed by atoms with Crippen LogP contribution in [0.2, 0.25) is 0 Å². The Hall–Kier alpha value is 0.980. The number of hydrogen-bond donors (Lipinski definition) is 2. The maximum Gasteiger partial charge on any atom is 1.00 e. The molecule has 0 aromatic rings. The van der Waals surface area contributed by atoms with Crippen molar-refractivity contribution in [2.45, 2.75) is 26.1 Å². The zero-order valence-corrected chi connectivity index (χ0v) is 9.04. The third kappa shape index (κ3) is 36.1. The van der Waals surface area contributed by atoms with Crippen LogP contribution >= 0.6 is 8.69 Å². The molecule has 0 aromatic carbocycles. The Bertz CT molecular complexity index is 61.2. The first-order valence-corrected chi connectivity index (χ1v) is 3.23. The topological polar surface area (TPSA) is 80.6 Å². The van der Waals surface area contributed by atoms with Crippen LogP contribution in [-0.4, -0.2) is 16.5 Å². The van der Waals surface area contributed by atoms with Crippen LogP contribution in [-0.2, 0) is 4.57 Å². The van der Waals surface area contributed by atoms with Crippen LogP contribution in [0.15, 0.2) is 0 Å². The Morgan fingerprint density at radius 3 is 1.90 bits per heavy atom. The number of aliphatic hydroxyl groups is 2. The van der Waals surface area contributed by atoms with Gasteiger partial charge in [0.15, 0.2) is 6.29 Å². The summed E-state index contributed by atoms with van der Waals surface area (Å²) in [7, 11) is -1.08. The molecule has 2 N–H and O–H groups in total. The predicted octanol–water partition coefficient (Wildman–Crippen LogP) is -3.35. The molecule has 0 aromatic heterocycles. The summed E-state index contributed by atoms with van der Waals surface area (Å²) >= 11 is 0. The molecule has 0 spiro atoms. The van der Waals surface area contributed by atoms with Gasteiger partial charge in [-0.25, -0.2) is 0 Å². The van der Waals surface area contributed by atoms with E-state index in [1.807, 2.05) is 6.92 Å². The van der Waals surface area contributed by atoms with Crippen LogP contribution in [0.25, 0.3) is 0 Å². The van der Waals surface area contributed by atoms with Gasteiger partial charge in [-0.3, -0.25) is 4.57 Å². The van der Waals surface area contributed by atoms with Crippen molar-refractivity contribution in [3.63, 3.8) is 0 Å². The summed E-state index contributed by atoms with van der Waals surface area (Å²) in [4.78, 5) is 8.35. The fraction of sp³-hybridized carbons (Fsp3) is 1.00. The summed E-state index contributed by atoms with van der Waals surface area (Å²) in [6.45, 7) is 1.90. The summed E-state index contributed by atoms with van der Waals surface area (Å²) in [6.07, 6.45) is 0.215. The zero-order chi connectivity index (χ0) is 7.70. The maximum atomic E-state index is 8.35. The van der Waals surface area contributed by atoms with E-state index >= 15 is 0 Å². The van der Waals surface area contributed by atoms with Crippen LogP contribution in [0, 0.1) is 0 Å². The molecule has 10 heavy (non-hydrogen) atoms. The Labute approximate surface area is 83.8 Å². The van der Waals surface area contributed by atoms with Crippen molar-refractivity contribution in [1.29, 1.82) is 0 Å². The standard InChI is InChI=1S/C4H10O2.Na.HO2P/c1-2-3-4(5)6;;1-3-2/h4-6H,2-3H2,1H3;;(H,1,2)/q;+1;/p-1. The molecule has 4 nitrogen and oxygen atoms in total. The zero-order valence-electron chi connectivity index (χ0n) is 6.15. The molecule has 56 valence electrons. The second-order valence-corrected chi connectivity index (χ2v) is 1.49. The molecule has 0 aliphatic rings. The maximum absolute atomic E-state index is 8.35. The number of aliphatic hydroxyl groups excluding tert-OH is 1. The van der Waals surface area contributed by atoms with Gasteiger partial charge in [-0.05, 0) is 6.42 Å². The average Bonchev–Trinajstić information content (AvgIpc) is 1.67. The van der Waals surface area contributed by atoms with E-state index in [0.29, 0.717) is 6.42 Å². The molecular weight excluding hydrogens is 166 g/mol. The van der Waals surface area contributed by atoms with Crippen molar-refractivity contribution in [2.75, 3.05) is 0 Å². The van der Waals surface area contributed by atoms with E-state index in [1.54, 1.807) is 0 Å². The van der Waals surface area contributed by atoms with Gasteiger partial charge in [0.25, 0.3) is 0 Å². The van der Waals surface area contributed by atoms with Gasteiger partial charge >= 0.3 is 29.6 Å². The number of rotatable bonds is 2. The van der Waals surface area contributed by atoms with Gasteiger partial charge in [0.1, 0.15) is 0 Å². The third-order valence-electron chi connectivity index (χ3n) is 0.547. The molecule has 0 bridgehead atoms. The molecule has 0 radical (unpaired) electrons. The van der Waals surface area contributed by atoms with E-state index in [2.05, 4.69) is 0 Å². The molecule has 0 aliphatic carbocycles. The van der Waals surface area contributed by atoms with E-state index in [-0.39, 0.29) is 29.6 Å². The fourth-order valence-electron chi connectivity index (χ4n) is 0.258. The van der Waals surface area contributed by atoms with Gasteiger partial charge in [-0.1, -0.05) is 13.3 Å². The van der Waals surface area contributed by atoms with Gasteiger partial charge in [-0.15, -0.1) is 0 Å². The van der Waals surface area contributed by atoms with Crippen molar-refractivity contribution in [2.24, 2.45) is 0 Å². The molecule has 0 fully saturated rings. The molecule has 6 heteroatoms. The van der Waals surface area contributed by atoms with Crippen molar-refractivity contribution in [3.05, 3.63) is 0 Å². The minimum atomic E-state index is -1.10.